The summed E-state index contributed by atoms with van der Waals surface area (Å²) < 4.78 is 6.15. The van der Waals surface area contributed by atoms with Crippen LogP contribution in [0.15, 0.2) is 66.9 Å². The molecule has 0 aliphatic carbocycles. The standard InChI is InChI=1S/C26H22ClN3O/c1-26(2,3)18-9-10-19(20(27)13-18)22-14-24(31-16-17-7-5-4-6-8-17)25-21(30-22)11-12-29-23(25)15-28/h4-14H,16H2,1-3H3. The highest BCUT2D eigenvalue weighted by Gasteiger charge is 2.18. The fourth-order valence-corrected chi connectivity index (χ4v) is 3.68. The number of halogens is 1. The first-order valence-corrected chi connectivity index (χ1v) is 10.4. The van der Waals surface area contributed by atoms with Gasteiger partial charge in [-0.25, -0.2) is 9.97 Å². The highest BCUT2D eigenvalue weighted by atomic mass is 35.5. The average molecular weight is 428 g/mol. The monoisotopic (exact) mass is 427 g/mol. The maximum Gasteiger partial charge on any atom is 0.153 e. The Morgan fingerprint density at radius 1 is 1.03 bits per heavy atom. The van der Waals surface area contributed by atoms with Crippen LogP contribution in [0.25, 0.3) is 22.2 Å². The smallest absolute Gasteiger partial charge is 0.153 e. The summed E-state index contributed by atoms with van der Waals surface area (Å²) in [4.78, 5) is 8.96. The van der Waals surface area contributed by atoms with Crippen LogP contribution in [-0.2, 0) is 12.0 Å². The van der Waals surface area contributed by atoms with Gasteiger partial charge in [0.05, 0.1) is 21.6 Å². The molecule has 5 heteroatoms. The minimum absolute atomic E-state index is 0.00367. The second-order valence-corrected chi connectivity index (χ2v) is 8.80. The lowest BCUT2D eigenvalue weighted by molar-refractivity contribution is 0.310. The molecule has 2 heterocycles. The summed E-state index contributed by atoms with van der Waals surface area (Å²) in [6.45, 7) is 6.82. The third-order valence-electron chi connectivity index (χ3n) is 5.14. The lowest BCUT2D eigenvalue weighted by Crippen LogP contribution is -2.10. The van der Waals surface area contributed by atoms with Gasteiger partial charge in [-0.2, -0.15) is 5.26 Å². The Morgan fingerprint density at radius 3 is 2.48 bits per heavy atom. The number of aromatic nitrogens is 2. The molecule has 4 nitrogen and oxygen atoms in total. The summed E-state index contributed by atoms with van der Waals surface area (Å²) in [5.74, 6) is 0.560. The fraction of sp³-hybridized carbons (Fsp3) is 0.192. The Morgan fingerprint density at radius 2 is 1.81 bits per heavy atom. The summed E-state index contributed by atoms with van der Waals surface area (Å²) in [6, 6.07) is 21.7. The molecule has 0 radical (unpaired) electrons. The van der Waals surface area contributed by atoms with E-state index in [1.807, 2.05) is 48.5 Å². The van der Waals surface area contributed by atoms with Crippen molar-refractivity contribution in [3.8, 4) is 23.1 Å². The minimum atomic E-state index is -0.00367. The first kappa shape index (κ1) is 20.8. The lowest BCUT2D eigenvalue weighted by atomic mass is 9.86. The molecule has 0 fully saturated rings. The Hall–Kier alpha value is -3.42. The third-order valence-corrected chi connectivity index (χ3v) is 5.45. The first-order valence-electron chi connectivity index (χ1n) is 10.0. The van der Waals surface area contributed by atoms with Crippen LogP contribution in [-0.4, -0.2) is 9.97 Å². The van der Waals surface area contributed by atoms with Crippen LogP contribution in [0.2, 0.25) is 5.02 Å². The van der Waals surface area contributed by atoms with Crippen molar-refractivity contribution in [2.75, 3.05) is 0 Å². The number of nitriles is 1. The molecule has 4 aromatic rings. The van der Waals surface area contributed by atoms with Crippen LogP contribution in [0.5, 0.6) is 5.75 Å². The molecule has 4 rings (SSSR count). The van der Waals surface area contributed by atoms with Gasteiger partial charge in [0.15, 0.2) is 5.69 Å². The molecular formula is C26H22ClN3O. The number of hydrogen-bond donors (Lipinski definition) is 0. The van der Waals surface area contributed by atoms with Crippen molar-refractivity contribution in [3.63, 3.8) is 0 Å². The predicted octanol–water partition coefficient (Wildman–Crippen LogP) is 6.70. The van der Waals surface area contributed by atoms with E-state index >= 15 is 0 Å². The Labute approximate surface area is 187 Å². The second-order valence-electron chi connectivity index (χ2n) is 8.39. The topological polar surface area (TPSA) is 58.8 Å². The van der Waals surface area contributed by atoms with Crippen molar-refractivity contribution in [3.05, 3.63) is 88.7 Å². The minimum Gasteiger partial charge on any atom is -0.488 e. The van der Waals surface area contributed by atoms with Crippen LogP contribution in [0.1, 0.15) is 37.6 Å². The van der Waals surface area contributed by atoms with Crippen LogP contribution >= 0.6 is 11.6 Å². The largest absolute Gasteiger partial charge is 0.488 e. The molecule has 0 aliphatic heterocycles. The molecule has 2 aromatic carbocycles. The van der Waals surface area contributed by atoms with E-state index < -0.39 is 0 Å². The Balaban J connectivity index is 1.83. The van der Waals surface area contributed by atoms with Crippen molar-refractivity contribution < 1.29 is 4.74 Å². The molecule has 0 unspecified atom stereocenters. The number of rotatable bonds is 4. The molecule has 0 atom stereocenters. The van der Waals surface area contributed by atoms with E-state index in [2.05, 4.69) is 37.9 Å². The van der Waals surface area contributed by atoms with Gasteiger partial charge in [0.2, 0.25) is 0 Å². The summed E-state index contributed by atoms with van der Waals surface area (Å²) in [5, 5.41) is 10.8. The Bertz CT molecular complexity index is 1290. The van der Waals surface area contributed by atoms with Gasteiger partial charge in [0.1, 0.15) is 18.4 Å². The highest BCUT2D eigenvalue weighted by Crippen LogP contribution is 2.36. The molecule has 0 N–H and O–H groups in total. The van der Waals surface area contributed by atoms with Gasteiger partial charge in [-0.15, -0.1) is 0 Å². The van der Waals surface area contributed by atoms with E-state index in [9.17, 15) is 5.26 Å². The molecule has 0 spiro atoms. The highest BCUT2D eigenvalue weighted by molar-refractivity contribution is 6.33. The van der Waals surface area contributed by atoms with Gasteiger partial charge in [-0.05, 0) is 28.7 Å². The van der Waals surface area contributed by atoms with E-state index in [1.165, 1.54) is 0 Å². The van der Waals surface area contributed by atoms with Crippen molar-refractivity contribution in [1.29, 1.82) is 5.26 Å². The fourth-order valence-electron chi connectivity index (χ4n) is 3.41. The zero-order valence-electron chi connectivity index (χ0n) is 17.7. The predicted molar refractivity (Wildman–Crippen MR) is 124 cm³/mol. The quantitative estimate of drug-likeness (QED) is 0.363. The van der Waals surface area contributed by atoms with Gasteiger partial charge in [-0.3, -0.25) is 0 Å². The molecule has 31 heavy (non-hydrogen) atoms. The van der Waals surface area contributed by atoms with E-state index in [4.69, 9.17) is 21.3 Å². The summed E-state index contributed by atoms with van der Waals surface area (Å²) >= 11 is 6.66. The molecule has 0 saturated heterocycles. The summed E-state index contributed by atoms with van der Waals surface area (Å²) in [7, 11) is 0. The lowest BCUT2D eigenvalue weighted by Gasteiger charge is -2.20. The third kappa shape index (κ3) is 4.38. The average Bonchev–Trinajstić information content (AvgIpc) is 2.76. The van der Waals surface area contributed by atoms with E-state index in [0.29, 0.717) is 34.0 Å². The molecule has 2 aromatic heterocycles. The van der Waals surface area contributed by atoms with Crippen LogP contribution < -0.4 is 4.74 Å². The maximum atomic E-state index is 9.57. The normalized spacial score (nSPS) is 11.3. The molecule has 154 valence electrons. The zero-order valence-corrected chi connectivity index (χ0v) is 18.4. The number of fused-ring (bicyclic) bond motifs is 1. The number of ether oxygens (including phenoxy) is 1. The van der Waals surface area contributed by atoms with Crippen LogP contribution in [0, 0.1) is 11.3 Å². The van der Waals surface area contributed by atoms with Gasteiger partial charge in [0.25, 0.3) is 0 Å². The molecular weight excluding hydrogens is 406 g/mol. The van der Waals surface area contributed by atoms with Gasteiger partial charge >= 0.3 is 0 Å². The molecule has 0 bridgehead atoms. The number of pyridine rings is 2. The van der Waals surface area contributed by atoms with Crippen molar-refractivity contribution >= 4 is 22.5 Å². The van der Waals surface area contributed by atoms with E-state index in [0.717, 1.165) is 16.7 Å². The summed E-state index contributed by atoms with van der Waals surface area (Å²) in [6.07, 6.45) is 1.59. The van der Waals surface area contributed by atoms with Gasteiger partial charge < -0.3 is 4.74 Å². The van der Waals surface area contributed by atoms with Gasteiger partial charge in [-0.1, -0.05) is 74.8 Å². The first-order chi connectivity index (χ1) is 14.9. The van der Waals surface area contributed by atoms with Crippen molar-refractivity contribution in [1.82, 2.24) is 9.97 Å². The van der Waals surface area contributed by atoms with E-state index in [1.54, 1.807) is 12.3 Å². The summed E-state index contributed by atoms with van der Waals surface area (Å²) in [5.41, 5.74) is 4.61. The maximum absolute atomic E-state index is 9.57. The van der Waals surface area contributed by atoms with Crippen molar-refractivity contribution in [2.45, 2.75) is 32.8 Å². The Kier molecular flexibility index (Phi) is 5.63. The number of hydrogen-bond acceptors (Lipinski definition) is 4. The molecule has 0 aliphatic rings. The number of nitrogens with zero attached hydrogens (tertiary/aromatic N) is 3. The van der Waals surface area contributed by atoms with Crippen molar-refractivity contribution in [2.24, 2.45) is 0 Å². The van der Waals surface area contributed by atoms with E-state index in [-0.39, 0.29) is 11.1 Å². The molecule has 0 saturated carbocycles. The zero-order chi connectivity index (χ0) is 22.0. The number of benzene rings is 2. The SMILES string of the molecule is CC(C)(C)c1ccc(-c2cc(OCc3ccccc3)c3c(C#N)nccc3n2)c(Cl)c1. The second kappa shape index (κ2) is 8.37. The van der Waals surface area contributed by atoms with Crippen LogP contribution in [0.3, 0.4) is 0 Å². The van der Waals surface area contributed by atoms with Gasteiger partial charge in [0, 0.05) is 17.8 Å². The van der Waals surface area contributed by atoms with Crippen LogP contribution in [0.4, 0.5) is 0 Å². The molecule has 0 amide bonds.